The van der Waals surface area contributed by atoms with Crippen molar-refractivity contribution in [2.75, 3.05) is 17.2 Å². The molecule has 0 aromatic heterocycles. The molecule has 1 aromatic carbocycles. The number of nitrogens with one attached hydrogen (secondary N) is 3. The topological polar surface area (TPSA) is 70.2 Å². The van der Waals surface area contributed by atoms with E-state index in [-0.39, 0.29) is 17.9 Å². The van der Waals surface area contributed by atoms with Gasteiger partial charge in [-0.1, -0.05) is 19.9 Å². The number of carbonyl (C=O) groups excluding carboxylic acids is 2. The van der Waals surface area contributed by atoms with Crippen molar-refractivity contribution in [3.63, 3.8) is 0 Å². The number of benzene rings is 1. The first-order chi connectivity index (χ1) is 9.60. The lowest BCUT2D eigenvalue weighted by molar-refractivity contribution is -0.118. The number of anilines is 2. The monoisotopic (exact) mass is 275 g/mol. The van der Waals surface area contributed by atoms with E-state index in [4.69, 9.17) is 0 Å². The summed E-state index contributed by atoms with van der Waals surface area (Å²) in [7, 11) is 0. The summed E-state index contributed by atoms with van der Waals surface area (Å²) in [4.78, 5) is 23.5. The van der Waals surface area contributed by atoms with Crippen LogP contribution in [0.25, 0.3) is 0 Å². The molecule has 2 amide bonds. The van der Waals surface area contributed by atoms with E-state index in [0.29, 0.717) is 23.7 Å². The molecule has 1 saturated heterocycles. The molecule has 2 rings (SSSR count). The van der Waals surface area contributed by atoms with Gasteiger partial charge in [-0.05, 0) is 37.1 Å². The zero-order valence-corrected chi connectivity index (χ0v) is 11.9. The summed E-state index contributed by atoms with van der Waals surface area (Å²) in [5.74, 6) is 0.284. The second-order valence-electron chi connectivity index (χ2n) is 5.17. The first-order valence-corrected chi connectivity index (χ1v) is 7.04. The standard InChI is InChI=1S/C15H21N3O2/c1-3-13(19)17-11-5-4-6-12(9-11)18-15(20)14-10(2)7-8-16-14/h4-6,9-10,14,16H,3,7-8H2,1-2H3,(H,17,19)(H,18,20). The zero-order chi connectivity index (χ0) is 14.5. The van der Waals surface area contributed by atoms with Crippen LogP contribution in [0.15, 0.2) is 24.3 Å². The van der Waals surface area contributed by atoms with Crippen LogP contribution in [0.4, 0.5) is 11.4 Å². The first-order valence-electron chi connectivity index (χ1n) is 7.04. The number of hydrogen-bond donors (Lipinski definition) is 3. The van der Waals surface area contributed by atoms with Crippen LogP contribution in [-0.4, -0.2) is 24.4 Å². The molecule has 1 fully saturated rings. The van der Waals surface area contributed by atoms with E-state index >= 15 is 0 Å². The third-order valence-corrected chi connectivity index (χ3v) is 3.55. The van der Waals surface area contributed by atoms with Crippen LogP contribution in [0.1, 0.15) is 26.7 Å². The van der Waals surface area contributed by atoms with E-state index < -0.39 is 0 Å². The van der Waals surface area contributed by atoms with E-state index in [9.17, 15) is 9.59 Å². The minimum atomic E-state index is -0.135. The molecule has 0 radical (unpaired) electrons. The van der Waals surface area contributed by atoms with Gasteiger partial charge in [0.05, 0.1) is 6.04 Å². The minimum absolute atomic E-state index is 0.0195. The predicted octanol–water partition coefficient (Wildman–Crippen LogP) is 1.97. The summed E-state index contributed by atoms with van der Waals surface area (Å²) in [6.45, 7) is 4.75. The SMILES string of the molecule is CCC(=O)Nc1cccc(NC(=O)C2NCCC2C)c1. The third-order valence-electron chi connectivity index (χ3n) is 3.55. The largest absolute Gasteiger partial charge is 0.326 e. The number of rotatable bonds is 4. The molecule has 2 atom stereocenters. The Hall–Kier alpha value is -1.88. The Morgan fingerprint density at radius 2 is 2.00 bits per heavy atom. The fourth-order valence-corrected chi connectivity index (χ4v) is 2.33. The van der Waals surface area contributed by atoms with E-state index in [1.165, 1.54) is 0 Å². The second-order valence-corrected chi connectivity index (χ2v) is 5.17. The van der Waals surface area contributed by atoms with Crippen molar-refractivity contribution in [1.29, 1.82) is 0 Å². The van der Waals surface area contributed by atoms with Crippen LogP contribution in [0.2, 0.25) is 0 Å². The molecule has 1 heterocycles. The quantitative estimate of drug-likeness (QED) is 0.787. The maximum absolute atomic E-state index is 12.2. The van der Waals surface area contributed by atoms with Gasteiger partial charge in [0, 0.05) is 17.8 Å². The highest BCUT2D eigenvalue weighted by Crippen LogP contribution is 2.19. The van der Waals surface area contributed by atoms with Gasteiger partial charge < -0.3 is 16.0 Å². The average molecular weight is 275 g/mol. The Kier molecular flexibility index (Phi) is 4.74. The molecule has 5 heteroatoms. The van der Waals surface area contributed by atoms with Crippen molar-refractivity contribution in [2.24, 2.45) is 5.92 Å². The summed E-state index contributed by atoms with van der Waals surface area (Å²) in [6, 6.07) is 7.07. The highest BCUT2D eigenvalue weighted by molar-refractivity contribution is 5.96. The van der Waals surface area contributed by atoms with E-state index in [1.807, 2.05) is 12.1 Å². The van der Waals surface area contributed by atoms with Crippen molar-refractivity contribution in [1.82, 2.24) is 5.32 Å². The Labute approximate surface area is 119 Å². The van der Waals surface area contributed by atoms with Gasteiger partial charge in [-0.2, -0.15) is 0 Å². The normalized spacial score (nSPS) is 21.5. The molecule has 108 valence electrons. The summed E-state index contributed by atoms with van der Waals surface area (Å²) in [5, 5.41) is 8.87. The van der Waals surface area contributed by atoms with Gasteiger partial charge in [-0.25, -0.2) is 0 Å². The molecular weight excluding hydrogens is 254 g/mol. The highest BCUT2D eigenvalue weighted by atomic mass is 16.2. The molecule has 0 spiro atoms. The summed E-state index contributed by atoms with van der Waals surface area (Å²) in [6.07, 6.45) is 1.45. The van der Waals surface area contributed by atoms with Crippen LogP contribution in [0, 0.1) is 5.92 Å². The number of hydrogen-bond acceptors (Lipinski definition) is 3. The Bertz CT molecular complexity index is 502. The molecule has 5 nitrogen and oxygen atoms in total. The zero-order valence-electron chi connectivity index (χ0n) is 11.9. The molecule has 0 bridgehead atoms. The van der Waals surface area contributed by atoms with E-state index in [0.717, 1.165) is 13.0 Å². The lowest BCUT2D eigenvalue weighted by Gasteiger charge is -2.16. The van der Waals surface area contributed by atoms with Crippen molar-refractivity contribution in [3.8, 4) is 0 Å². The number of amides is 2. The van der Waals surface area contributed by atoms with Gasteiger partial charge in [-0.15, -0.1) is 0 Å². The van der Waals surface area contributed by atoms with Crippen molar-refractivity contribution < 1.29 is 9.59 Å². The van der Waals surface area contributed by atoms with Crippen LogP contribution in [0.5, 0.6) is 0 Å². The molecule has 1 aliphatic rings. The van der Waals surface area contributed by atoms with Crippen LogP contribution < -0.4 is 16.0 Å². The highest BCUT2D eigenvalue weighted by Gasteiger charge is 2.29. The van der Waals surface area contributed by atoms with Gasteiger partial charge in [0.15, 0.2) is 0 Å². The molecule has 20 heavy (non-hydrogen) atoms. The van der Waals surface area contributed by atoms with Crippen LogP contribution >= 0.6 is 0 Å². The smallest absolute Gasteiger partial charge is 0.241 e. The Morgan fingerprint density at radius 1 is 1.30 bits per heavy atom. The maximum atomic E-state index is 12.2. The van der Waals surface area contributed by atoms with E-state index in [2.05, 4.69) is 22.9 Å². The van der Waals surface area contributed by atoms with E-state index in [1.54, 1.807) is 19.1 Å². The molecule has 2 unspecified atom stereocenters. The van der Waals surface area contributed by atoms with Gasteiger partial charge in [0.25, 0.3) is 0 Å². The molecule has 0 aliphatic carbocycles. The van der Waals surface area contributed by atoms with Gasteiger partial charge in [-0.3, -0.25) is 9.59 Å². The molecular formula is C15H21N3O2. The van der Waals surface area contributed by atoms with Crippen molar-refractivity contribution >= 4 is 23.2 Å². The Balaban J connectivity index is 2.00. The summed E-state index contributed by atoms with van der Waals surface area (Å²) >= 11 is 0. The summed E-state index contributed by atoms with van der Waals surface area (Å²) < 4.78 is 0. The minimum Gasteiger partial charge on any atom is -0.326 e. The van der Waals surface area contributed by atoms with Crippen LogP contribution in [-0.2, 0) is 9.59 Å². The number of carbonyl (C=O) groups is 2. The summed E-state index contributed by atoms with van der Waals surface area (Å²) in [5.41, 5.74) is 1.40. The molecule has 3 N–H and O–H groups in total. The fraction of sp³-hybridized carbons (Fsp3) is 0.467. The second kappa shape index (κ2) is 6.52. The van der Waals surface area contributed by atoms with Crippen LogP contribution in [0.3, 0.4) is 0 Å². The fourth-order valence-electron chi connectivity index (χ4n) is 2.33. The lowest BCUT2D eigenvalue weighted by atomic mass is 10.0. The average Bonchev–Trinajstić information content (AvgIpc) is 2.85. The maximum Gasteiger partial charge on any atom is 0.241 e. The molecule has 1 aliphatic heterocycles. The third kappa shape index (κ3) is 3.57. The van der Waals surface area contributed by atoms with Crippen molar-refractivity contribution in [3.05, 3.63) is 24.3 Å². The Morgan fingerprint density at radius 3 is 2.60 bits per heavy atom. The van der Waals surface area contributed by atoms with Gasteiger partial charge in [0.2, 0.25) is 11.8 Å². The first kappa shape index (κ1) is 14.5. The predicted molar refractivity (Wildman–Crippen MR) is 79.6 cm³/mol. The van der Waals surface area contributed by atoms with Gasteiger partial charge >= 0.3 is 0 Å². The lowest BCUT2D eigenvalue weighted by Crippen LogP contribution is -2.39. The molecule has 0 saturated carbocycles. The van der Waals surface area contributed by atoms with Crippen molar-refractivity contribution in [2.45, 2.75) is 32.7 Å². The van der Waals surface area contributed by atoms with Gasteiger partial charge in [0.1, 0.15) is 0 Å². The molecule has 1 aromatic rings.